The third kappa shape index (κ3) is 15.2. The van der Waals surface area contributed by atoms with Crippen LogP contribution in [0.5, 0.6) is 0 Å². The van der Waals surface area contributed by atoms with Crippen LogP contribution in [-0.4, -0.2) is 47.1 Å². The lowest BCUT2D eigenvalue weighted by Gasteiger charge is -2.16. The first-order chi connectivity index (χ1) is 10.7. The second kappa shape index (κ2) is 12.0. The summed E-state index contributed by atoms with van der Waals surface area (Å²) in [5, 5.41) is 21.3. The van der Waals surface area contributed by atoms with E-state index in [1.807, 2.05) is 19.1 Å². The quantitative estimate of drug-likeness (QED) is 0.401. The summed E-state index contributed by atoms with van der Waals surface area (Å²) in [6, 6.07) is 0. The van der Waals surface area contributed by atoms with Gasteiger partial charge in [-0.25, -0.2) is 0 Å². The molecule has 5 heteroatoms. The van der Waals surface area contributed by atoms with Crippen molar-refractivity contribution in [2.75, 3.05) is 13.2 Å². The number of nitrogens with one attached hydrogen (secondary N) is 1. The summed E-state index contributed by atoms with van der Waals surface area (Å²) in [4.78, 5) is 11.5. The molecular formula is C18H31NO4. The van der Waals surface area contributed by atoms with E-state index in [4.69, 9.17) is 9.84 Å². The van der Waals surface area contributed by atoms with Gasteiger partial charge in [-0.3, -0.25) is 4.79 Å². The van der Waals surface area contributed by atoms with Crippen molar-refractivity contribution in [3.63, 3.8) is 0 Å². The van der Waals surface area contributed by atoms with Crippen molar-refractivity contribution in [3.05, 3.63) is 36.5 Å². The molecule has 0 saturated carbocycles. The Morgan fingerprint density at radius 2 is 1.96 bits per heavy atom. The highest BCUT2D eigenvalue weighted by Crippen LogP contribution is 2.06. The van der Waals surface area contributed by atoms with Crippen LogP contribution < -0.4 is 5.32 Å². The minimum Gasteiger partial charge on any atom is -0.389 e. The number of rotatable bonds is 11. The molecule has 0 aliphatic heterocycles. The maximum Gasteiger partial charge on any atom is 0.243 e. The number of hydrogen-bond donors (Lipinski definition) is 3. The Labute approximate surface area is 139 Å². The van der Waals surface area contributed by atoms with E-state index in [1.165, 1.54) is 6.08 Å². The van der Waals surface area contributed by atoms with Gasteiger partial charge in [-0.2, -0.15) is 0 Å². The van der Waals surface area contributed by atoms with Gasteiger partial charge >= 0.3 is 0 Å². The third-order valence-corrected chi connectivity index (χ3v) is 2.79. The normalized spacial score (nSPS) is 15.6. The average Bonchev–Trinajstić information content (AvgIpc) is 2.44. The van der Waals surface area contributed by atoms with Crippen molar-refractivity contribution in [1.82, 2.24) is 5.32 Å². The smallest absolute Gasteiger partial charge is 0.243 e. The van der Waals surface area contributed by atoms with Gasteiger partial charge in [-0.15, -0.1) is 0 Å². The lowest BCUT2D eigenvalue weighted by molar-refractivity contribution is -0.117. The molecule has 0 aliphatic rings. The van der Waals surface area contributed by atoms with Gasteiger partial charge in [-0.1, -0.05) is 30.4 Å². The van der Waals surface area contributed by atoms with Crippen LogP contribution in [0.3, 0.4) is 0 Å². The summed E-state index contributed by atoms with van der Waals surface area (Å²) in [7, 11) is 0. The van der Waals surface area contributed by atoms with E-state index in [0.717, 1.165) is 6.42 Å². The number of carbonyl (C=O) groups is 1. The summed E-state index contributed by atoms with van der Waals surface area (Å²) in [6.07, 6.45) is 11.5. The fourth-order valence-corrected chi connectivity index (χ4v) is 1.68. The number of ether oxygens (including phenoxy) is 1. The first kappa shape index (κ1) is 21.6. The van der Waals surface area contributed by atoms with Gasteiger partial charge in [0.2, 0.25) is 5.91 Å². The molecule has 0 spiro atoms. The zero-order valence-electron chi connectivity index (χ0n) is 14.7. The molecule has 2 atom stereocenters. The first-order valence-corrected chi connectivity index (χ1v) is 8.06. The van der Waals surface area contributed by atoms with Gasteiger partial charge in [-0.05, 0) is 46.6 Å². The monoisotopic (exact) mass is 325 g/mol. The Bertz CT molecular complexity index is 406. The number of aliphatic hydroxyl groups is 2. The number of allylic oxidation sites excluding steroid dienone is 3. The fourth-order valence-electron chi connectivity index (χ4n) is 1.68. The number of hydrogen-bond acceptors (Lipinski definition) is 4. The summed E-state index contributed by atoms with van der Waals surface area (Å²) < 4.78 is 5.60. The molecule has 1 amide bonds. The van der Waals surface area contributed by atoms with Crippen LogP contribution in [0, 0.1) is 0 Å². The van der Waals surface area contributed by atoms with Crippen molar-refractivity contribution >= 4 is 5.91 Å². The maximum atomic E-state index is 11.5. The minimum atomic E-state index is -0.909. The standard InChI is InChI=1S/C18H31NO4/c1-5-23-16(11-7-6-10-15(2)20)12-8-9-13-17(21)19-14-18(3,4)22/h6-7,9-11,13,15-16,20,22H,5,8,12,14H2,1-4H3,(H,19,21). The number of amides is 1. The zero-order valence-corrected chi connectivity index (χ0v) is 14.7. The average molecular weight is 325 g/mol. The highest BCUT2D eigenvalue weighted by molar-refractivity contribution is 5.87. The van der Waals surface area contributed by atoms with Crippen LogP contribution in [0.4, 0.5) is 0 Å². The molecule has 0 aliphatic carbocycles. The van der Waals surface area contributed by atoms with E-state index in [-0.39, 0.29) is 18.6 Å². The van der Waals surface area contributed by atoms with E-state index >= 15 is 0 Å². The molecule has 23 heavy (non-hydrogen) atoms. The van der Waals surface area contributed by atoms with Crippen LogP contribution in [0.15, 0.2) is 36.5 Å². The van der Waals surface area contributed by atoms with Gasteiger partial charge in [0.25, 0.3) is 0 Å². The molecule has 5 nitrogen and oxygen atoms in total. The summed E-state index contributed by atoms with van der Waals surface area (Å²) in [5.74, 6) is -0.213. The van der Waals surface area contributed by atoms with Crippen LogP contribution >= 0.6 is 0 Å². The van der Waals surface area contributed by atoms with Crippen molar-refractivity contribution in [1.29, 1.82) is 0 Å². The Hall–Kier alpha value is -1.43. The SMILES string of the molecule is CCOC(C=CC=CC(C)O)CCC=CC(=O)NCC(C)(C)O. The molecule has 0 saturated heterocycles. The first-order valence-electron chi connectivity index (χ1n) is 8.06. The molecule has 132 valence electrons. The Kier molecular flexibility index (Phi) is 11.3. The van der Waals surface area contributed by atoms with Crippen molar-refractivity contribution in [2.24, 2.45) is 0 Å². The van der Waals surface area contributed by atoms with Crippen LogP contribution in [-0.2, 0) is 9.53 Å². The van der Waals surface area contributed by atoms with E-state index < -0.39 is 11.7 Å². The molecule has 0 aromatic rings. The molecule has 0 radical (unpaired) electrons. The lowest BCUT2D eigenvalue weighted by Crippen LogP contribution is -2.37. The summed E-state index contributed by atoms with van der Waals surface area (Å²) in [5.41, 5.74) is -0.909. The molecule has 0 aromatic carbocycles. The van der Waals surface area contributed by atoms with Gasteiger partial charge in [0.15, 0.2) is 0 Å². The second-order valence-corrected chi connectivity index (χ2v) is 6.01. The molecule has 0 heterocycles. The van der Waals surface area contributed by atoms with Crippen LogP contribution in [0.1, 0.15) is 40.5 Å². The van der Waals surface area contributed by atoms with Crippen molar-refractivity contribution < 1.29 is 19.7 Å². The van der Waals surface area contributed by atoms with Gasteiger partial charge in [0, 0.05) is 13.2 Å². The molecule has 0 bridgehead atoms. The van der Waals surface area contributed by atoms with E-state index in [9.17, 15) is 9.90 Å². The molecule has 0 aromatic heterocycles. The van der Waals surface area contributed by atoms with E-state index in [2.05, 4.69) is 5.32 Å². The topological polar surface area (TPSA) is 78.8 Å². The van der Waals surface area contributed by atoms with E-state index in [0.29, 0.717) is 13.0 Å². The van der Waals surface area contributed by atoms with Gasteiger partial charge in [0.05, 0.1) is 17.8 Å². The lowest BCUT2D eigenvalue weighted by atomic mass is 10.1. The predicted molar refractivity (Wildman–Crippen MR) is 93.1 cm³/mol. The predicted octanol–water partition coefficient (Wildman–Crippen LogP) is 2.11. The second-order valence-electron chi connectivity index (χ2n) is 6.01. The third-order valence-electron chi connectivity index (χ3n) is 2.79. The highest BCUT2D eigenvalue weighted by atomic mass is 16.5. The molecule has 0 rings (SSSR count). The van der Waals surface area contributed by atoms with Crippen molar-refractivity contribution in [3.8, 4) is 0 Å². The molecular weight excluding hydrogens is 294 g/mol. The maximum absolute atomic E-state index is 11.5. The number of carbonyl (C=O) groups excluding carboxylic acids is 1. The summed E-state index contributed by atoms with van der Waals surface area (Å²) in [6.45, 7) is 7.75. The van der Waals surface area contributed by atoms with Crippen molar-refractivity contribution in [2.45, 2.75) is 58.3 Å². The minimum absolute atomic E-state index is 0.0252. The number of aliphatic hydroxyl groups excluding tert-OH is 1. The highest BCUT2D eigenvalue weighted by Gasteiger charge is 2.12. The van der Waals surface area contributed by atoms with Crippen LogP contribution in [0.2, 0.25) is 0 Å². The molecule has 0 fully saturated rings. The summed E-state index contributed by atoms with van der Waals surface area (Å²) >= 11 is 0. The van der Waals surface area contributed by atoms with E-state index in [1.54, 1.807) is 39.0 Å². The Balaban J connectivity index is 4.16. The largest absolute Gasteiger partial charge is 0.389 e. The fraction of sp³-hybridized carbons (Fsp3) is 0.611. The van der Waals surface area contributed by atoms with Gasteiger partial charge < -0.3 is 20.3 Å². The Morgan fingerprint density at radius 1 is 1.30 bits per heavy atom. The van der Waals surface area contributed by atoms with Gasteiger partial charge in [0.1, 0.15) is 0 Å². The molecule has 2 unspecified atom stereocenters. The Morgan fingerprint density at radius 3 is 2.52 bits per heavy atom. The molecule has 3 N–H and O–H groups in total. The van der Waals surface area contributed by atoms with Crippen LogP contribution in [0.25, 0.3) is 0 Å². The zero-order chi connectivity index (χ0) is 17.7.